The molecule has 0 saturated heterocycles. The molecule has 0 unspecified atom stereocenters. The average Bonchev–Trinajstić information content (AvgIpc) is 2.96. The first-order chi connectivity index (χ1) is 11.5. The predicted molar refractivity (Wildman–Crippen MR) is 92.7 cm³/mol. The first kappa shape index (κ1) is 16.5. The molecule has 122 valence electrons. The molecule has 3 rings (SSSR count). The highest BCUT2D eigenvalue weighted by molar-refractivity contribution is 6.44. The van der Waals surface area contributed by atoms with Crippen LogP contribution in [0.1, 0.15) is 16.2 Å². The first-order valence-corrected chi connectivity index (χ1v) is 7.78. The van der Waals surface area contributed by atoms with Crippen molar-refractivity contribution in [1.82, 2.24) is 9.55 Å². The Labute approximate surface area is 147 Å². The van der Waals surface area contributed by atoms with Gasteiger partial charge in [-0.05, 0) is 37.3 Å². The van der Waals surface area contributed by atoms with E-state index in [-0.39, 0.29) is 15.6 Å². The van der Waals surface area contributed by atoms with Crippen LogP contribution >= 0.6 is 23.2 Å². The van der Waals surface area contributed by atoms with Crippen LogP contribution in [0.25, 0.3) is 5.69 Å². The van der Waals surface area contributed by atoms with Crippen LogP contribution in [-0.2, 0) is 0 Å². The number of hydrogen-bond donors (Lipinski definition) is 1. The van der Waals surface area contributed by atoms with Gasteiger partial charge < -0.3 is 9.88 Å². The van der Waals surface area contributed by atoms with Crippen LogP contribution in [0.5, 0.6) is 0 Å². The Morgan fingerprint density at radius 2 is 2.04 bits per heavy atom. The van der Waals surface area contributed by atoms with Crippen LogP contribution in [0.15, 0.2) is 48.8 Å². The normalized spacial score (nSPS) is 10.7. The largest absolute Gasteiger partial charge is 0.322 e. The zero-order valence-electron chi connectivity index (χ0n) is 12.6. The van der Waals surface area contributed by atoms with Crippen LogP contribution < -0.4 is 5.32 Å². The van der Waals surface area contributed by atoms with Gasteiger partial charge in [-0.15, -0.1) is 0 Å². The second kappa shape index (κ2) is 6.63. The monoisotopic (exact) mass is 363 g/mol. The fraction of sp³-hybridized carbons (Fsp3) is 0.0588. The summed E-state index contributed by atoms with van der Waals surface area (Å²) in [6.45, 7) is 1.77. The molecule has 4 nitrogen and oxygen atoms in total. The van der Waals surface area contributed by atoms with E-state index < -0.39 is 11.7 Å². The van der Waals surface area contributed by atoms with E-state index in [1.54, 1.807) is 54.2 Å². The third-order valence-electron chi connectivity index (χ3n) is 3.49. The molecule has 0 aliphatic carbocycles. The molecular weight excluding hydrogens is 352 g/mol. The van der Waals surface area contributed by atoms with Gasteiger partial charge in [0.1, 0.15) is 11.6 Å². The van der Waals surface area contributed by atoms with Crippen molar-refractivity contribution in [3.63, 3.8) is 0 Å². The van der Waals surface area contributed by atoms with Gasteiger partial charge in [0, 0.05) is 18.1 Å². The fourth-order valence-electron chi connectivity index (χ4n) is 2.29. The number of aryl methyl sites for hydroxylation is 1. The third-order valence-corrected chi connectivity index (χ3v) is 4.31. The Kier molecular flexibility index (Phi) is 4.55. The molecule has 0 bridgehead atoms. The van der Waals surface area contributed by atoms with Gasteiger partial charge in [-0.3, -0.25) is 4.79 Å². The molecular formula is C17H12Cl2FN3O. The Bertz CT molecular complexity index is 924. The number of carbonyl (C=O) groups is 1. The van der Waals surface area contributed by atoms with E-state index in [0.717, 1.165) is 0 Å². The number of imidazole rings is 1. The molecule has 0 atom stereocenters. The molecule has 0 saturated carbocycles. The zero-order valence-corrected chi connectivity index (χ0v) is 14.1. The fourth-order valence-corrected chi connectivity index (χ4v) is 2.68. The van der Waals surface area contributed by atoms with E-state index in [9.17, 15) is 9.18 Å². The van der Waals surface area contributed by atoms with Crippen molar-refractivity contribution < 1.29 is 9.18 Å². The topological polar surface area (TPSA) is 46.9 Å². The molecule has 1 amide bonds. The highest BCUT2D eigenvalue weighted by Crippen LogP contribution is 2.26. The molecule has 1 heterocycles. The van der Waals surface area contributed by atoms with Crippen LogP contribution in [0.4, 0.5) is 10.1 Å². The van der Waals surface area contributed by atoms with E-state index in [2.05, 4.69) is 10.3 Å². The molecule has 2 aromatic carbocycles. The van der Waals surface area contributed by atoms with Gasteiger partial charge in [0.15, 0.2) is 0 Å². The van der Waals surface area contributed by atoms with Crippen molar-refractivity contribution in [3.8, 4) is 5.69 Å². The van der Waals surface area contributed by atoms with Crippen molar-refractivity contribution in [2.24, 2.45) is 0 Å². The second-order valence-corrected chi connectivity index (χ2v) is 5.85. The first-order valence-electron chi connectivity index (χ1n) is 7.02. The number of aromatic nitrogens is 2. The summed E-state index contributed by atoms with van der Waals surface area (Å²) < 4.78 is 16.0. The van der Waals surface area contributed by atoms with Gasteiger partial charge in [-0.2, -0.15) is 0 Å². The van der Waals surface area contributed by atoms with E-state index in [0.29, 0.717) is 17.2 Å². The van der Waals surface area contributed by atoms with Crippen LogP contribution in [0.3, 0.4) is 0 Å². The summed E-state index contributed by atoms with van der Waals surface area (Å²) in [6.07, 6.45) is 3.25. The SMILES string of the molecule is Cc1nccn1-c1ccc(NC(=O)c2cccc(Cl)c2Cl)cc1F. The summed E-state index contributed by atoms with van der Waals surface area (Å²) in [5.74, 6) is -0.282. The number of anilines is 1. The van der Waals surface area contributed by atoms with Crippen molar-refractivity contribution in [2.75, 3.05) is 5.32 Å². The summed E-state index contributed by atoms with van der Waals surface area (Å²) in [6, 6.07) is 9.17. The number of amides is 1. The molecule has 0 spiro atoms. The lowest BCUT2D eigenvalue weighted by Crippen LogP contribution is -2.13. The third kappa shape index (κ3) is 3.13. The number of nitrogens with one attached hydrogen (secondary N) is 1. The maximum Gasteiger partial charge on any atom is 0.257 e. The summed E-state index contributed by atoms with van der Waals surface area (Å²) >= 11 is 11.9. The molecule has 0 aliphatic rings. The number of benzene rings is 2. The predicted octanol–water partition coefficient (Wildman–Crippen LogP) is 4.88. The number of halogens is 3. The van der Waals surface area contributed by atoms with Crippen LogP contribution in [0.2, 0.25) is 10.0 Å². The lowest BCUT2D eigenvalue weighted by Gasteiger charge is -2.10. The van der Waals surface area contributed by atoms with Crippen molar-refractivity contribution >= 4 is 34.8 Å². The molecule has 7 heteroatoms. The maximum absolute atomic E-state index is 14.3. The Morgan fingerprint density at radius 3 is 2.71 bits per heavy atom. The summed E-state index contributed by atoms with van der Waals surface area (Å²) in [7, 11) is 0. The van der Waals surface area contributed by atoms with Crippen LogP contribution in [-0.4, -0.2) is 15.5 Å². The number of hydrogen-bond acceptors (Lipinski definition) is 2. The molecule has 0 radical (unpaired) electrons. The lowest BCUT2D eigenvalue weighted by molar-refractivity contribution is 0.102. The number of nitrogens with zero attached hydrogens (tertiary/aromatic N) is 2. The Balaban J connectivity index is 1.86. The van der Waals surface area contributed by atoms with Gasteiger partial charge in [0.05, 0.1) is 21.3 Å². The van der Waals surface area contributed by atoms with Gasteiger partial charge in [-0.1, -0.05) is 29.3 Å². The molecule has 1 N–H and O–H groups in total. The minimum Gasteiger partial charge on any atom is -0.322 e. The maximum atomic E-state index is 14.3. The minimum absolute atomic E-state index is 0.155. The Hall–Kier alpha value is -2.37. The van der Waals surface area contributed by atoms with Gasteiger partial charge in [0.25, 0.3) is 5.91 Å². The minimum atomic E-state index is -0.480. The quantitative estimate of drug-likeness (QED) is 0.720. The molecule has 0 fully saturated rings. The van der Waals surface area contributed by atoms with Crippen molar-refractivity contribution in [1.29, 1.82) is 0 Å². The van der Waals surface area contributed by atoms with Crippen LogP contribution in [0, 0.1) is 12.7 Å². The second-order valence-electron chi connectivity index (χ2n) is 5.07. The number of carbonyl (C=O) groups excluding carboxylic acids is 1. The van der Waals surface area contributed by atoms with Crippen molar-refractivity contribution in [3.05, 3.63) is 76.0 Å². The summed E-state index contributed by atoms with van der Waals surface area (Å²) in [5, 5.41) is 3.04. The van der Waals surface area contributed by atoms with Gasteiger partial charge in [-0.25, -0.2) is 9.37 Å². The molecule has 0 aliphatic heterocycles. The zero-order chi connectivity index (χ0) is 17.3. The Morgan fingerprint density at radius 1 is 1.25 bits per heavy atom. The van der Waals surface area contributed by atoms with E-state index in [4.69, 9.17) is 23.2 Å². The van der Waals surface area contributed by atoms with Gasteiger partial charge >= 0.3 is 0 Å². The highest BCUT2D eigenvalue weighted by Gasteiger charge is 2.14. The molecule has 1 aromatic heterocycles. The standard InChI is InChI=1S/C17H12Cl2FN3O/c1-10-21-7-8-23(10)15-6-5-11(9-14(15)20)22-17(24)12-3-2-4-13(18)16(12)19/h2-9H,1H3,(H,22,24). The average molecular weight is 364 g/mol. The van der Waals surface area contributed by atoms with Gasteiger partial charge in [0.2, 0.25) is 0 Å². The lowest BCUT2D eigenvalue weighted by atomic mass is 10.2. The molecule has 24 heavy (non-hydrogen) atoms. The van der Waals surface area contributed by atoms with E-state index in [1.807, 2.05) is 0 Å². The van der Waals surface area contributed by atoms with E-state index >= 15 is 0 Å². The highest BCUT2D eigenvalue weighted by atomic mass is 35.5. The summed E-state index contributed by atoms with van der Waals surface area (Å²) in [5.41, 5.74) is 0.887. The van der Waals surface area contributed by atoms with E-state index in [1.165, 1.54) is 6.07 Å². The smallest absolute Gasteiger partial charge is 0.257 e. The van der Waals surface area contributed by atoms with Crippen molar-refractivity contribution in [2.45, 2.75) is 6.92 Å². The summed E-state index contributed by atoms with van der Waals surface area (Å²) in [4.78, 5) is 16.3. The number of rotatable bonds is 3. The molecule has 3 aromatic rings.